The largest absolute Gasteiger partial charge is 0.353 e. The number of H-pyrrole nitrogens is 2. The van der Waals surface area contributed by atoms with Gasteiger partial charge in [0.05, 0.1) is 28.8 Å². The number of fused-ring (bicyclic) bond motifs is 2. The van der Waals surface area contributed by atoms with Gasteiger partial charge in [-0.3, -0.25) is 19.9 Å². The Morgan fingerprint density at radius 1 is 0.917 bits per heavy atom. The molecule has 0 unspecified atom stereocenters. The first-order valence-electron chi connectivity index (χ1n) is 11.6. The van der Waals surface area contributed by atoms with E-state index in [1.807, 2.05) is 51.2 Å². The van der Waals surface area contributed by atoms with Crippen molar-refractivity contribution in [1.29, 1.82) is 0 Å². The van der Waals surface area contributed by atoms with Crippen LogP contribution in [0.2, 0.25) is 0 Å². The van der Waals surface area contributed by atoms with Crippen LogP contribution in [0.3, 0.4) is 0 Å². The molecule has 7 nitrogen and oxygen atoms in total. The van der Waals surface area contributed by atoms with E-state index < -0.39 is 5.41 Å². The van der Waals surface area contributed by atoms with Gasteiger partial charge in [-0.05, 0) is 47.3 Å². The van der Waals surface area contributed by atoms with Crippen LogP contribution in [0, 0.1) is 5.41 Å². The quantitative estimate of drug-likeness (QED) is 0.250. The second-order valence-corrected chi connectivity index (χ2v) is 10.6. The van der Waals surface area contributed by atoms with Gasteiger partial charge < -0.3 is 10.3 Å². The minimum Gasteiger partial charge on any atom is -0.353 e. The van der Waals surface area contributed by atoms with E-state index in [1.54, 1.807) is 23.7 Å². The number of aromatic amines is 2. The van der Waals surface area contributed by atoms with Crippen molar-refractivity contribution in [1.82, 2.24) is 25.1 Å². The molecule has 1 aromatic carbocycles. The number of amides is 1. The standard InChI is InChI=1S/C28H24N6OS/c1-28(2,3)27(35)31-19-10-18(13-29-14-19)16-4-5-23-20(11-16)26(34-33-23)24-12-21-22(32-24)6-8-30-25(21)17-7-9-36-15-17/h4-15,32H,1-3H3,(H,31,35)(H,33,34). The first-order valence-corrected chi connectivity index (χ1v) is 12.6. The lowest BCUT2D eigenvalue weighted by Gasteiger charge is -2.17. The highest BCUT2D eigenvalue weighted by atomic mass is 32.1. The molecule has 3 N–H and O–H groups in total. The third-order valence-corrected chi connectivity index (χ3v) is 6.85. The van der Waals surface area contributed by atoms with Crippen molar-refractivity contribution in [2.24, 2.45) is 5.41 Å². The molecule has 6 rings (SSSR count). The average Bonchev–Trinajstić information content (AvgIpc) is 3.62. The number of aromatic nitrogens is 5. The predicted octanol–water partition coefficient (Wildman–Crippen LogP) is 6.88. The SMILES string of the molecule is CC(C)(C)C(=O)Nc1cncc(-c2ccc3[nH]nc(-c4cc5c(-c6ccsc6)nccc5[nH]4)c3c2)c1. The molecule has 0 bridgehead atoms. The summed E-state index contributed by atoms with van der Waals surface area (Å²) in [5, 5.41) is 17.0. The van der Waals surface area contributed by atoms with Gasteiger partial charge in [0.15, 0.2) is 0 Å². The van der Waals surface area contributed by atoms with E-state index in [2.05, 4.69) is 59.4 Å². The van der Waals surface area contributed by atoms with Crippen LogP contribution in [-0.4, -0.2) is 31.1 Å². The zero-order valence-electron chi connectivity index (χ0n) is 20.1. The normalized spacial score (nSPS) is 11.9. The Bertz CT molecular complexity index is 1720. The molecule has 0 aliphatic heterocycles. The lowest BCUT2D eigenvalue weighted by molar-refractivity contribution is -0.123. The van der Waals surface area contributed by atoms with Gasteiger partial charge in [-0.2, -0.15) is 16.4 Å². The number of rotatable bonds is 4. The van der Waals surface area contributed by atoms with Crippen LogP contribution in [0.5, 0.6) is 0 Å². The van der Waals surface area contributed by atoms with Crippen LogP contribution < -0.4 is 5.32 Å². The number of nitrogens with zero attached hydrogens (tertiary/aromatic N) is 3. The van der Waals surface area contributed by atoms with Crippen LogP contribution in [0.4, 0.5) is 5.69 Å². The Balaban J connectivity index is 1.40. The van der Waals surface area contributed by atoms with Gasteiger partial charge in [0, 0.05) is 50.6 Å². The topological polar surface area (TPSA) is 99.3 Å². The minimum atomic E-state index is -0.487. The van der Waals surface area contributed by atoms with E-state index in [4.69, 9.17) is 0 Å². The van der Waals surface area contributed by atoms with E-state index in [0.717, 1.165) is 55.6 Å². The summed E-state index contributed by atoms with van der Waals surface area (Å²) in [6, 6.07) is 14.3. The summed E-state index contributed by atoms with van der Waals surface area (Å²) in [5.74, 6) is -0.0517. The average molecular weight is 493 g/mol. The zero-order valence-corrected chi connectivity index (χ0v) is 20.9. The highest BCUT2D eigenvalue weighted by Crippen LogP contribution is 2.35. The number of carbonyl (C=O) groups excluding carboxylic acids is 1. The van der Waals surface area contributed by atoms with E-state index >= 15 is 0 Å². The summed E-state index contributed by atoms with van der Waals surface area (Å²) in [4.78, 5) is 24.9. The van der Waals surface area contributed by atoms with Crippen molar-refractivity contribution >= 4 is 44.7 Å². The summed E-state index contributed by atoms with van der Waals surface area (Å²) < 4.78 is 0. The first-order chi connectivity index (χ1) is 17.4. The second kappa shape index (κ2) is 8.42. The maximum absolute atomic E-state index is 12.4. The van der Waals surface area contributed by atoms with Crippen molar-refractivity contribution in [3.63, 3.8) is 0 Å². The maximum Gasteiger partial charge on any atom is 0.229 e. The molecule has 8 heteroatoms. The first kappa shape index (κ1) is 22.2. The van der Waals surface area contributed by atoms with Crippen LogP contribution in [0.25, 0.3) is 55.6 Å². The van der Waals surface area contributed by atoms with Crippen molar-refractivity contribution in [3.05, 3.63) is 71.8 Å². The summed E-state index contributed by atoms with van der Waals surface area (Å²) in [5.41, 5.74) is 7.86. The van der Waals surface area contributed by atoms with Gasteiger partial charge in [-0.15, -0.1) is 0 Å². The van der Waals surface area contributed by atoms with Crippen molar-refractivity contribution in [2.75, 3.05) is 5.32 Å². The minimum absolute atomic E-state index is 0.0517. The molecule has 0 aliphatic carbocycles. The van der Waals surface area contributed by atoms with Gasteiger partial charge in [-0.25, -0.2) is 0 Å². The molecule has 5 aromatic heterocycles. The Kier molecular flexibility index (Phi) is 5.19. The van der Waals surface area contributed by atoms with Gasteiger partial charge >= 0.3 is 0 Å². The third-order valence-electron chi connectivity index (χ3n) is 6.17. The van der Waals surface area contributed by atoms with Gasteiger partial charge in [0.25, 0.3) is 0 Å². The van der Waals surface area contributed by atoms with E-state index in [9.17, 15) is 4.79 Å². The van der Waals surface area contributed by atoms with Crippen molar-refractivity contribution < 1.29 is 4.79 Å². The number of nitrogens with one attached hydrogen (secondary N) is 3. The fraction of sp³-hybridized carbons (Fsp3) is 0.143. The molecule has 0 radical (unpaired) electrons. The maximum atomic E-state index is 12.4. The van der Waals surface area contributed by atoms with Crippen molar-refractivity contribution in [3.8, 4) is 33.8 Å². The molecule has 0 atom stereocenters. The fourth-order valence-electron chi connectivity index (χ4n) is 4.19. The second-order valence-electron chi connectivity index (χ2n) is 9.81. The smallest absolute Gasteiger partial charge is 0.229 e. The number of anilines is 1. The highest BCUT2D eigenvalue weighted by Gasteiger charge is 2.21. The molecule has 0 spiro atoms. The fourth-order valence-corrected chi connectivity index (χ4v) is 4.83. The number of carbonyl (C=O) groups is 1. The number of benzene rings is 1. The van der Waals surface area contributed by atoms with Gasteiger partial charge in [0.1, 0.15) is 5.69 Å². The molecule has 0 saturated heterocycles. The molecule has 0 saturated carbocycles. The summed E-state index contributed by atoms with van der Waals surface area (Å²) in [7, 11) is 0. The monoisotopic (exact) mass is 492 g/mol. The van der Waals surface area contributed by atoms with Gasteiger partial charge in [-0.1, -0.05) is 26.8 Å². The molecular formula is C28H24N6OS. The molecule has 0 aliphatic rings. The number of pyridine rings is 2. The van der Waals surface area contributed by atoms with E-state index in [1.165, 1.54) is 0 Å². The molecule has 0 fully saturated rings. The Morgan fingerprint density at radius 2 is 1.78 bits per heavy atom. The van der Waals surface area contributed by atoms with Crippen LogP contribution in [0.15, 0.2) is 71.8 Å². The summed E-state index contributed by atoms with van der Waals surface area (Å²) >= 11 is 1.66. The lowest BCUT2D eigenvalue weighted by atomic mass is 9.95. The highest BCUT2D eigenvalue weighted by molar-refractivity contribution is 7.08. The summed E-state index contributed by atoms with van der Waals surface area (Å²) in [6.45, 7) is 5.66. The zero-order chi connectivity index (χ0) is 24.9. The van der Waals surface area contributed by atoms with Crippen LogP contribution in [-0.2, 0) is 4.79 Å². The van der Waals surface area contributed by atoms with E-state index in [-0.39, 0.29) is 5.91 Å². The Morgan fingerprint density at radius 3 is 2.58 bits per heavy atom. The van der Waals surface area contributed by atoms with Gasteiger partial charge in [0.2, 0.25) is 5.91 Å². The molecule has 6 aromatic rings. The summed E-state index contributed by atoms with van der Waals surface area (Å²) in [6.07, 6.45) is 5.29. The molecule has 178 valence electrons. The molecule has 36 heavy (non-hydrogen) atoms. The molecule has 1 amide bonds. The Labute approximate surface area is 211 Å². The van der Waals surface area contributed by atoms with Crippen LogP contribution >= 0.6 is 11.3 Å². The molecule has 5 heterocycles. The predicted molar refractivity (Wildman–Crippen MR) is 146 cm³/mol. The number of thiophene rings is 1. The van der Waals surface area contributed by atoms with Crippen LogP contribution in [0.1, 0.15) is 20.8 Å². The third kappa shape index (κ3) is 3.95. The van der Waals surface area contributed by atoms with E-state index in [0.29, 0.717) is 5.69 Å². The number of hydrogen-bond donors (Lipinski definition) is 3. The van der Waals surface area contributed by atoms with Crippen molar-refractivity contribution in [2.45, 2.75) is 20.8 Å². The lowest BCUT2D eigenvalue weighted by Crippen LogP contribution is -2.27. The Hall–Kier alpha value is -4.30. The molecular weight excluding hydrogens is 468 g/mol. The number of hydrogen-bond acceptors (Lipinski definition) is 5.